The summed E-state index contributed by atoms with van der Waals surface area (Å²) in [5, 5.41) is 6.46. The van der Waals surface area contributed by atoms with E-state index in [1.54, 1.807) is 0 Å². The van der Waals surface area contributed by atoms with Crippen LogP contribution >= 0.6 is 0 Å². The Hall–Kier alpha value is -4.21. The van der Waals surface area contributed by atoms with E-state index in [0.29, 0.717) is 11.8 Å². The van der Waals surface area contributed by atoms with Crippen LogP contribution in [0.5, 0.6) is 11.8 Å². The number of imidazole rings is 2. The molecule has 0 saturated carbocycles. The first-order valence-corrected chi connectivity index (χ1v) is 11.4. The van der Waals surface area contributed by atoms with Crippen molar-refractivity contribution in [3.05, 3.63) is 109 Å². The van der Waals surface area contributed by atoms with Crippen molar-refractivity contribution >= 4 is 54.6 Å². The molecule has 6 heteroatoms. The third-order valence-electron chi connectivity index (χ3n) is 6.64. The normalized spacial score (nSPS) is 11.7. The van der Waals surface area contributed by atoms with Gasteiger partial charge in [-0.05, 0) is 22.9 Å². The van der Waals surface area contributed by atoms with Crippen molar-refractivity contribution in [2.24, 2.45) is 0 Å². The van der Waals surface area contributed by atoms with Crippen LogP contribution in [0.25, 0.3) is 54.6 Å². The van der Waals surface area contributed by atoms with Crippen LogP contribution in [-0.4, -0.2) is 18.8 Å². The minimum absolute atomic E-state index is 0. The second-order valence-corrected chi connectivity index (χ2v) is 8.60. The van der Waals surface area contributed by atoms with E-state index in [0.717, 1.165) is 54.6 Å². The van der Waals surface area contributed by atoms with Crippen molar-refractivity contribution < 1.29 is 25.8 Å². The molecule has 0 saturated heterocycles. The van der Waals surface area contributed by atoms with E-state index in [1.165, 1.54) is 0 Å². The number of aromatic nitrogens is 4. The molecule has 4 aromatic heterocycles. The first-order chi connectivity index (χ1) is 17.3. The number of ether oxygens (including phenoxy) is 1. The van der Waals surface area contributed by atoms with Gasteiger partial charge >= 0.3 is 21.1 Å². The molecule has 0 bridgehead atoms. The largest absolute Gasteiger partial charge is 2.00 e. The maximum atomic E-state index is 6.25. The number of nitrogens with zero attached hydrogens (tertiary/aromatic N) is 4. The molecule has 0 radical (unpaired) electrons. The molecule has 5 nitrogen and oxygen atoms in total. The minimum Gasteiger partial charge on any atom is -0.419 e. The molecular formula is C30H16N4OPt. The monoisotopic (exact) mass is 643 g/mol. The van der Waals surface area contributed by atoms with E-state index < -0.39 is 0 Å². The van der Waals surface area contributed by atoms with Gasteiger partial charge < -0.3 is 13.5 Å². The predicted octanol–water partition coefficient (Wildman–Crippen LogP) is 6.98. The van der Waals surface area contributed by atoms with Crippen LogP contribution in [0.4, 0.5) is 0 Å². The van der Waals surface area contributed by atoms with Gasteiger partial charge in [0.15, 0.2) is 0 Å². The Labute approximate surface area is 219 Å². The zero-order valence-electron chi connectivity index (χ0n) is 18.8. The Balaban J connectivity index is 0.00000220. The van der Waals surface area contributed by atoms with Crippen molar-refractivity contribution in [1.82, 2.24) is 18.8 Å². The molecule has 8 aromatic rings. The molecule has 8 rings (SSSR count). The number of benzene rings is 4. The van der Waals surface area contributed by atoms with Crippen molar-refractivity contribution in [3.63, 3.8) is 0 Å². The second kappa shape index (κ2) is 7.90. The van der Waals surface area contributed by atoms with Gasteiger partial charge in [0.1, 0.15) is 0 Å². The summed E-state index contributed by atoms with van der Waals surface area (Å²) in [4.78, 5) is 9.67. The molecule has 0 unspecified atom stereocenters. The molecule has 0 aliphatic heterocycles. The number of hydrogen-bond donors (Lipinski definition) is 0. The zero-order valence-corrected chi connectivity index (χ0v) is 21.0. The van der Waals surface area contributed by atoms with Crippen LogP contribution in [-0.2, 0) is 21.1 Å². The molecule has 4 aromatic carbocycles. The van der Waals surface area contributed by atoms with Gasteiger partial charge in [-0.2, -0.15) is 0 Å². The summed E-state index contributed by atoms with van der Waals surface area (Å²) in [7, 11) is 0. The molecule has 0 N–H and O–H groups in total. The van der Waals surface area contributed by atoms with Crippen LogP contribution < -0.4 is 4.74 Å². The smallest absolute Gasteiger partial charge is 0.419 e. The van der Waals surface area contributed by atoms with Crippen LogP contribution in [0, 0.1) is 12.1 Å². The van der Waals surface area contributed by atoms with Gasteiger partial charge in [0, 0.05) is 11.0 Å². The van der Waals surface area contributed by atoms with Gasteiger partial charge in [-0.25, -0.2) is 9.97 Å². The topological polar surface area (TPSA) is 43.8 Å². The Morgan fingerprint density at radius 3 is 1.50 bits per heavy atom. The molecule has 0 aliphatic carbocycles. The Bertz CT molecular complexity index is 1810. The molecule has 0 spiro atoms. The predicted molar refractivity (Wildman–Crippen MR) is 138 cm³/mol. The van der Waals surface area contributed by atoms with Gasteiger partial charge in [0.2, 0.25) is 11.8 Å². The average molecular weight is 644 g/mol. The van der Waals surface area contributed by atoms with Crippen molar-refractivity contribution in [1.29, 1.82) is 0 Å². The summed E-state index contributed by atoms with van der Waals surface area (Å²) in [5.74, 6) is 0.974. The molecule has 0 amide bonds. The van der Waals surface area contributed by atoms with Crippen molar-refractivity contribution in [2.75, 3.05) is 0 Å². The van der Waals surface area contributed by atoms with Gasteiger partial charge in [-0.3, -0.25) is 0 Å². The quantitative estimate of drug-likeness (QED) is 0.151. The van der Waals surface area contributed by atoms with E-state index in [2.05, 4.69) is 69.5 Å². The average Bonchev–Trinajstić information content (AvgIpc) is 3.54. The number of fused-ring (bicyclic) bond motifs is 12. The fraction of sp³-hybridized carbons (Fsp3) is 0. The molecule has 0 atom stereocenters. The van der Waals surface area contributed by atoms with Crippen molar-refractivity contribution in [3.8, 4) is 11.8 Å². The Morgan fingerprint density at radius 2 is 1.00 bits per heavy atom. The summed E-state index contributed by atoms with van der Waals surface area (Å²) in [5.41, 5.74) is 3.75. The number of pyridine rings is 2. The molecule has 172 valence electrons. The van der Waals surface area contributed by atoms with Crippen LogP contribution in [0.15, 0.2) is 97.3 Å². The number of para-hydroxylation sites is 2. The minimum atomic E-state index is 0. The molecular weight excluding hydrogens is 627 g/mol. The van der Waals surface area contributed by atoms with Gasteiger partial charge in [-0.1, -0.05) is 47.2 Å². The van der Waals surface area contributed by atoms with Gasteiger partial charge in [-0.15, -0.1) is 59.3 Å². The summed E-state index contributed by atoms with van der Waals surface area (Å²) < 4.78 is 10.4. The van der Waals surface area contributed by atoms with Crippen LogP contribution in [0.1, 0.15) is 0 Å². The maximum Gasteiger partial charge on any atom is 2.00 e. The fourth-order valence-corrected chi connectivity index (χ4v) is 5.16. The fourth-order valence-electron chi connectivity index (χ4n) is 5.16. The van der Waals surface area contributed by atoms with E-state index in [1.807, 2.05) is 48.8 Å². The standard InChI is InChI=1S/C30H16N4O.Pt/c1-3-13-23-19(9-1)21-11-5-7-15-25(21)33-17-27(31-29(23)33)35-28-18-34-26-16-8-6-12-22(26)20-10-2-4-14-24(20)30(34)32-28;/h1-12,15-18H;/q-2;+2. The Morgan fingerprint density at radius 1 is 0.556 bits per heavy atom. The first kappa shape index (κ1) is 21.1. The van der Waals surface area contributed by atoms with E-state index in [9.17, 15) is 0 Å². The van der Waals surface area contributed by atoms with E-state index >= 15 is 0 Å². The summed E-state index contributed by atoms with van der Waals surface area (Å²) >= 11 is 0. The second-order valence-electron chi connectivity index (χ2n) is 8.60. The maximum absolute atomic E-state index is 6.25. The summed E-state index contributed by atoms with van der Waals surface area (Å²) in [6.45, 7) is 0. The molecule has 0 fully saturated rings. The Kier molecular flexibility index (Phi) is 4.63. The van der Waals surface area contributed by atoms with Crippen LogP contribution in [0.2, 0.25) is 0 Å². The summed E-state index contributed by atoms with van der Waals surface area (Å²) in [6.07, 6.45) is 3.84. The van der Waals surface area contributed by atoms with E-state index in [4.69, 9.17) is 14.7 Å². The zero-order chi connectivity index (χ0) is 22.9. The van der Waals surface area contributed by atoms with Crippen LogP contribution in [0.3, 0.4) is 0 Å². The SMILES string of the molecule is [Pt+2].[c-]1cccc2c1c1nc(Oc3cn4c5ccccc5c5ccc[c-]c5c4n3)cn1c1ccccc21. The molecule has 4 heterocycles. The number of rotatable bonds is 2. The number of hydrogen-bond acceptors (Lipinski definition) is 3. The third kappa shape index (κ3) is 2.93. The van der Waals surface area contributed by atoms with Gasteiger partial charge in [0.05, 0.1) is 23.7 Å². The third-order valence-corrected chi connectivity index (χ3v) is 6.64. The van der Waals surface area contributed by atoms with E-state index in [-0.39, 0.29) is 21.1 Å². The summed E-state index contributed by atoms with van der Waals surface area (Å²) in [6, 6.07) is 35.4. The first-order valence-electron chi connectivity index (χ1n) is 11.4. The van der Waals surface area contributed by atoms with Crippen molar-refractivity contribution in [2.45, 2.75) is 0 Å². The van der Waals surface area contributed by atoms with Gasteiger partial charge in [0.25, 0.3) is 0 Å². The molecule has 0 aliphatic rings. The molecule has 36 heavy (non-hydrogen) atoms.